The maximum atomic E-state index is 10.9. The molecule has 5 heteroatoms. The molecule has 0 spiro atoms. The van der Waals surface area contributed by atoms with Crippen molar-refractivity contribution < 1.29 is 9.53 Å². The lowest BCUT2D eigenvalue weighted by Crippen LogP contribution is -2.16. The molecule has 1 heterocycles. The van der Waals surface area contributed by atoms with E-state index in [1.807, 2.05) is 11.5 Å². The van der Waals surface area contributed by atoms with Crippen molar-refractivity contribution in [2.75, 3.05) is 7.11 Å². The van der Waals surface area contributed by atoms with Gasteiger partial charge in [0.05, 0.1) is 19.1 Å². The average molecular weight is 211 g/mol. The van der Waals surface area contributed by atoms with E-state index in [0.717, 1.165) is 12.2 Å². The van der Waals surface area contributed by atoms with Gasteiger partial charge >= 0.3 is 5.97 Å². The fraction of sp³-hybridized carbons (Fsp3) is 0.600. The Morgan fingerprint density at radius 3 is 3.07 bits per heavy atom. The van der Waals surface area contributed by atoms with Crippen molar-refractivity contribution in [3.05, 3.63) is 18.2 Å². The van der Waals surface area contributed by atoms with Gasteiger partial charge in [-0.15, -0.1) is 0 Å². The zero-order valence-electron chi connectivity index (χ0n) is 9.14. The van der Waals surface area contributed by atoms with Gasteiger partial charge in [0, 0.05) is 25.2 Å². The molecule has 5 nitrogen and oxygen atoms in total. The van der Waals surface area contributed by atoms with E-state index in [9.17, 15) is 4.79 Å². The van der Waals surface area contributed by atoms with Crippen molar-refractivity contribution in [3.8, 4) is 0 Å². The Bertz CT molecular complexity index is 322. The first-order valence-corrected chi connectivity index (χ1v) is 5.01. The van der Waals surface area contributed by atoms with Gasteiger partial charge in [-0.2, -0.15) is 0 Å². The quantitative estimate of drug-likeness (QED) is 0.733. The van der Waals surface area contributed by atoms with E-state index < -0.39 is 0 Å². The number of hydrogen-bond donors (Lipinski definition) is 1. The number of carbonyl (C=O) groups excluding carboxylic acids is 1. The lowest BCUT2D eigenvalue weighted by Gasteiger charge is -2.12. The van der Waals surface area contributed by atoms with Crippen LogP contribution in [0.3, 0.4) is 0 Å². The summed E-state index contributed by atoms with van der Waals surface area (Å²) in [6.45, 7) is 2.86. The van der Waals surface area contributed by atoms with Crippen LogP contribution >= 0.6 is 0 Å². The third-order valence-electron chi connectivity index (χ3n) is 2.35. The van der Waals surface area contributed by atoms with Gasteiger partial charge in [-0.1, -0.05) is 0 Å². The second kappa shape index (κ2) is 5.50. The molecule has 0 bridgehead atoms. The van der Waals surface area contributed by atoms with Crippen molar-refractivity contribution in [2.45, 2.75) is 32.4 Å². The first-order chi connectivity index (χ1) is 7.19. The second-order valence-electron chi connectivity index (χ2n) is 3.33. The molecule has 0 aliphatic heterocycles. The summed E-state index contributed by atoms with van der Waals surface area (Å²) in [6.07, 6.45) is 4.41. The van der Waals surface area contributed by atoms with Crippen molar-refractivity contribution in [2.24, 2.45) is 5.73 Å². The Hall–Kier alpha value is -1.36. The van der Waals surface area contributed by atoms with Crippen LogP contribution in [0.5, 0.6) is 0 Å². The van der Waals surface area contributed by atoms with E-state index in [1.54, 1.807) is 12.5 Å². The fourth-order valence-electron chi connectivity index (χ4n) is 1.43. The molecule has 0 fully saturated rings. The van der Waals surface area contributed by atoms with E-state index in [4.69, 9.17) is 5.73 Å². The lowest BCUT2D eigenvalue weighted by molar-refractivity contribution is -0.140. The Morgan fingerprint density at radius 1 is 1.73 bits per heavy atom. The number of carbonyl (C=O) groups is 1. The van der Waals surface area contributed by atoms with Gasteiger partial charge in [-0.3, -0.25) is 4.79 Å². The minimum absolute atomic E-state index is 0.161. The van der Waals surface area contributed by atoms with Gasteiger partial charge in [-0.25, -0.2) is 4.98 Å². The highest BCUT2D eigenvalue weighted by Gasteiger charge is 2.12. The molecule has 1 rings (SSSR count). The maximum Gasteiger partial charge on any atom is 0.305 e. The largest absolute Gasteiger partial charge is 0.469 e. The van der Waals surface area contributed by atoms with Gasteiger partial charge in [-0.05, 0) is 13.3 Å². The van der Waals surface area contributed by atoms with Gasteiger partial charge < -0.3 is 15.0 Å². The molecule has 2 N–H and O–H groups in total. The predicted octanol–water partition coefficient (Wildman–Crippen LogP) is 0.856. The Balaban J connectivity index is 2.53. The van der Waals surface area contributed by atoms with E-state index in [-0.39, 0.29) is 12.0 Å². The standard InChI is InChI=1S/C10H17N3O2/c1-3-13-7-12-6-9(13)8(11)4-5-10(14)15-2/h6-8H,3-5,11H2,1-2H3. The normalized spacial score (nSPS) is 12.5. The summed E-state index contributed by atoms with van der Waals surface area (Å²) in [5.74, 6) is -0.229. The summed E-state index contributed by atoms with van der Waals surface area (Å²) < 4.78 is 6.53. The number of nitrogens with two attached hydrogens (primary N) is 1. The zero-order valence-corrected chi connectivity index (χ0v) is 9.14. The van der Waals surface area contributed by atoms with Crippen LogP contribution < -0.4 is 5.73 Å². The van der Waals surface area contributed by atoms with Crippen molar-refractivity contribution >= 4 is 5.97 Å². The summed E-state index contributed by atoms with van der Waals surface area (Å²) in [7, 11) is 1.38. The summed E-state index contributed by atoms with van der Waals surface area (Å²) >= 11 is 0. The highest BCUT2D eigenvalue weighted by Crippen LogP contribution is 2.15. The first kappa shape index (κ1) is 11.7. The summed E-state index contributed by atoms with van der Waals surface area (Å²) in [4.78, 5) is 15.0. The minimum atomic E-state index is -0.229. The summed E-state index contributed by atoms with van der Waals surface area (Å²) in [6, 6.07) is -0.161. The van der Waals surface area contributed by atoms with E-state index in [2.05, 4.69) is 9.72 Å². The summed E-state index contributed by atoms with van der Waals surface area (Å²) in [5.41, 5.74) is 6.91. The van der Waals surface area contributed by atoms with Crippen molar-refractivity contribution in [3.63, 3.8) is 0 Å². The molecule has 0 amide bonds. The number of aromatic nitrogens is 2. The van der Waals surface area contributed by atoms with E-state index in [0.29, 0.717) is 12.8 Å². The van der Waals surface area contributed by atoms with Gasteiger partial charge in [0.25, 0.3) is 0 Å². The smallest absolute Gasteiger partial charge is 0.305 e. The van der Waals surface area contributed by atoms with Crippen LogP contribution in [0, 0.1) is 0 Å². The Labute approximate surface area is 89.2 Å². The molecule has 0 saturated carbocycles. The van der Waals surface area contributed by atoms with Crippen LogP contribution in [-0.4, -0.2) is 22.6 Å². The number of nitrogens with zero attached hydrogens (tertiary/aromatic N) is 2. The zero-order chi connectivity index (χ0) is 11.3. The highest BCUT2D eigenvalue weighted by molar-refractivity contribution is 5.69. The number of aryl methyl sites for hydroxylation is 1. The number of esters is 1. The maximum absolute atomic E-state index is 10.9. The molecule has 0 saturated heterocycles. The number of rotatable bonds is 5. The monoisotopic (exact) mass is 211 g/mol. The molecule has 15 heavy (non-hydrogen) atoms. The lowest BCUT2D eigenvalue weighted by atomic mass is 10.1. The topological polar surface area (TPSA) is 70.1 Å². The number of methoxy groups -OCH3 is 1. The highest BCUT2D eigenvalue weighted by atomic mass is 16.5. The van der Waals surface area contributed by atoms with Crippen LogP contribution in [0.2, 0.25) is 0 Å². The molecule has 1 aromatic heterocycles. The molecule has 0 aliphatic carbocycles. The summed E-state index contributed by atoms with van der Waals surface area (Å²) in [5, 5.41) is 0. The van der Waals surface area contributed by atoms with Crippen LogP contribution in [0.15, 0.2) is 12.5 Å². The van der Waals surface area contributed by atoms with Gasteiger partial charge in [0.2, 0.25) is 0 Å². The molecule has 0 radical (unpaired) electrons. The molecule has 1 aromatic rings. The van der Waals surface area contributed by atoms with Crippen LogP contribution in [0.4, 0.5) is 0 Å². The third kappa shape index (κ3) is 3.06. The third-order valence-corrected chi connectivity index (χ3v) is 2.35. The Morgan fingerprint density at radius 2 is 2.47 bits per heavy atom. The van der Waals surface area contributed by atoms with Crippen molar-refractivity contribution in [1.29, 1.82) is 0 Å². The number of ether oxygens (including phenoxy) is 1. The van der Waals surface area contributed by atoms with Crippen molar-refractivity contribution in [1.82, 2.24) is 9.55 Å². The molecule has 0 aliphatic rings. The molecule has 84 valence electrons. The van der Waals surface area contributed by atoms with Crippen LogP contribution in [0.1, 0.15) is 31.5 Å². The van der Waals surface area contributed by atoms with Crippen LogP contribution in [0.25, 0.3) is 0 Å². The number of hydrogen-bond acceptors (Lipinski definition) is 4. The van der Waals surface area contributed by atoms with E-state index in [1.165, 1.54) is 7.11 Å². The molecular weight excluding hydrogens is 194 g/mol. The Kier molecular flexibility index (Phi) is 4.30. The predicted molar refractivity (Wildman–Crippen MR) is 56.1 cm³/mol. The molecule has 1 atom stereocenters. The average Bonchev–Trinajstić information content (AvgIpc) is 2.73. The SMILES string of the molecule is CCn1cncc1C(N)CCC(=O)OC. The minimum Gasteiger partial charge on any atom is -0.469 e. The van der Waals surface area contributed by atoms with Crippen LogP contribution in [-0.2, 0) is 16.1 Å². The first-order valence-electron chi connectivity index (χ1n) is 5.01. The molecule has 0 aromatic carbocycles. The second-order valence-corrected chi connectivity index (χ2v) is 3.33. The van der Waals surface area contributed by atoms with E-state index >= 15 is 0 Å². The molecular formula is C10H17N3O2. The van der Waals surface area contributed by atoms with Gasteiger partial charge in [0.15, 0.2) is 0 Å². The number of imidazole rings is 1. The van der Waals surface area contributed by atoms with Gasteiger partial charge in [0.1, 0.15) is 0 Å². The fourth-order valence-corrected chi connectivity index (χ4v) is 1.43. The molecule has 1 unspecified atom stereocenters.